The Labute approximate surface area is 108 Å². The second-order valence-electron chi connectivity index (χ2n) is 3.58. The van der Waals surface area contributed by atoms with Crippen LogP contribution in [0.5, 0.6) is 0 Å². The van der Waals surface area contributed by atoms with Crippen LogP contribution < -0.4 is 5.32 Å². The largest absolute Gasteiger partial charge is 0.451 e. The van der Waals surface area contributed by atoms with Crippen molar-refractivity contribution in [1.82, 2.24) is 9.88 Å². The minimum Gasteiger partial charge on any atom is -0.451 e. The van der Waals surface area contributed by atoms with Gasteiger partial charge >= 0.3 is 5.97 Å². The van der Waals surface area contributed by atoms with E-state index in [1.807, 2.05) is 0 Å². The molecular formula is C10H13N3O4S. The van der Waals surface area contributed by atoms with E-state index in [2.05, 4.69) is 10.3 Å². The van der Waals surface area contributed by atoms with Crippen LogP contribution in [-0.2, 0) is 14.3 Å². The van der Waals surface area contributed by atoms with Crippen molar-refractivity contribution in [1.29, 1.82) is 0 Å². The number of aromatic nitrogens is 1. The molecule has 0 aliphatic heterocycles. The van der Waals surface area contributed by atoms with Crippen molar-refractivity contribution in [2.24, 2.45) is 0 Å². The Morgan fingerprint density at radius 1 is 1.44 bits per heavy atom. The number of nitrogens with zero attached hydrogens (tertiary/aromatic N) is 2. The van der Waals surface area contributed by atoms with Gasteiger partial charge in [0.2, 0.25) is 5.91 Å². The molecule has 1 heterocycles. The first-order valence-corrected chi connectivity index (χ1v) is 5.88. The van der Waals surface area contributed by atoms with Crippen molar-refractivity contribution in [3.63, 3.8) is 0 Å². The summed E-state index contributed by atoms with van der Waals surface area (Å²) in [6.45, 7) is 1.01. The molecule has 1 aromatic rings. The highest BCUT2D eigenvalue weighted by Gasteiger charge is 2.15. The molecule has 0 aromatic carbocycles. The first-order chi connectivity index (χ1) is 8.40. The maximum Gasteiger partial charge on any atom is 0.358 e. The van der Waals surface area contributed by atoms with Crippen LogP contribution in [-0.4, -0.2) is 48.4 Å². The number of amides is 2. The molecule has 18 heavy (non-hydrogen) atoms. The molecule has 0 saturated heterocycles. The normalized spacial score (nSPS) is 9.72. The molecule has 0 aliphatic carbocycles. The zero-order valence-corrected chi connectivity index (χ0v) is 11.0. The van der Waals surface area contributed by atoms with Crippen molar-refractivity contribution in [3.05, 3.63) is 11.1 Å². The van der Waals surface area contributed by atoms with Crippen molar-refractivity contribution in [3.8, 4) is 0 Å². The number of hydrogen-bond acceptors (Lipinski definition) is 6. The summed E-state index contributed by atoms with van der Waals surface area (Å²) in [6, 6.07) is 0. The van der Waals surface area contributed by atoms with E-state index in [0.717, 1.165) is 11.3 Å². The molecule has 2 amide bonds. The van der Waals surface area contributed by atoms with Crippen molar-refractivity contribution >= 4 is 34.3 Å². The van der Waals surface area contributed by atoms with E-state index in [1.165, 1.54) is 17.2 Å². The molecule has 0 unspecified atom stereocenters. The van der Waals surface area contributed by atoms with Crippen LogP contribution in [0.25, 0.3) is 0 Å². The molecule has 1 aromatic heterocycles. The quantitative estimate of drug-likeness (QED) is 0.798. The number of esters is 1. The Hall–Kier alpha value is -1.96. The van der Waals surface area contributed by atoms with E-state index < -0.39 is 5.97 Å². The minimum atomic E-state index is -0.696. The summed E-state index contributed by atoms with van der Waals surface area (Å²) >= 11 is 1.11. The van der Waals surface area contributed by atoms with Gasteiger partial charge in [0.05, 0.1) is 0 Å². The molecule has 0 fully saturated rings. The fourth-order valence-corrected chi connectivity index (χ4v) is 1.63. The van der Waals surface area contributed by atoms with Gasteiger partial charge in [-0.3, -0.25) is 9.59 Å². The summed E-state index contributed by atoms with van der Waals surface area (Å²) in [4.78, 5) is 38.7. The van der Waals surface area contributed by atoms with Crippen molar-refractivity contribution < 1.29 is 19.1 Å². The number of thiazole rings is 1. The lowest BCUT2D eigenvalue weighted by molar-refractivity contribution is -0.132. The number of ether oxygens (including phenoxy) is 1. The molecular weight excluding hydrogens is 258 g/mol. The number of hydrogen-bond donors (Lipinski definition) is 1. The highest BCUT2D eigenvalue weighted by atomic mass is 32.1. The van der Waals surface area contributed by atoms with Crippen molar-refractivity contribution in [2.75, 3.05) is 26.0 Å². The monoisotopic (exact) mass is 271 g/mol. The molecule has 8 heteroatoms. The third kappa shape index (κ3) is 4.13. The summed E-state index contributed by atoms with van der Waals surface area (Å²) in [5, 5.41) is 4.21. The Balaban J connectivity index is 2.54. The molecule has 98 valence electrons. The lowest BCUT2D eigenvalue weighted by Crippen LogP contribution is -2.27. The van der Waals surface area contributed by atoms with Gasteiger partial charge in [-0.15, -0.1) is 11.3 Å². The number of carbonyl (C=O) groups excluding carboxylic acids is 3. The fourth-order valence-electron chi connectivity index (χ4n) is 0.906. The van der Waals surface area contributed by atoms with Gasteiger partial charge in [0.1, 0.15) is 0 Å². The van der Waals surface area contributed by atoms with Crippen LogP contribution in [0.15, 0.2) is 5.38 Å². The smallest absolute Gasteiger partial charge is 0.358 e. The molecule has 0 spiro atoms. The van der Waals surface area contributed by atoms with E-state index in [4.69, 9.17) is 4.74 Å². The maximum atomic E-state index is 11.5. The lowest BCUT2D eigenvalue weighted by Gasteiger charge is -2.09. The van der Waals surface area contributed by atoms with Gasteiger partial charge in [-0.25, -0.2) is 9.78 Å². The highest BCUT2D eigenvalue weighted by Crippen LogP contribution is 2.15. The lowest BCUT2D eigenvalue weighted by atomic mass is 10.5. The standard InChI is InChI=1S/C10H13N3O4S/c1-6(14)11-10-12-7(5-18-10)9(16)17-4-8(15)13(2)3/h5H,4H2,1-3H3,(H,11,12,14). The number of nitrogens with one attached hydrogen (secondary N) is 1. The van der Waals surface area contributed by atoms with Gasteiger partial charge in [0, 0.05) is 26.4 Å². The second-order valence-corrected chi connectivity index (χ2v) is 4.44. The van der Waals surface area contributed by atoms with Gasteiger partial charge in [-0.2, -0.15) is 0 Å². The number of likely N-dealkylation sites (N-methyl/N-ethyl adjacent to an activating group) is 1. The summed E-state index contributed by atoms with van der Waals surface area (Å²) < 4.78 is 4.77. The Morgan fingerprint density at radius 2 is 2.11 bits per heavy atom. The third-order valence-corrected chi connectivity index (χ3v) is 2.58. The van der Waals surface area contributed by atoms with E-state index in [9.17, 15) is 14.4 Å². The van der Waals surface area contributed by atoms with Crippen LogP contribution in [0.2, 0.25) is 0 Å². The SMILES string of the molecule is CC(=O)Nc1nc(C(=O)OCC(=O)N(C)C)cs1. The van der Waals surface area contributed by atoms with E-state index in [0.29, 0.717) is 5.13 Å². The zero-order valence-electron chi connectivity index (χ0n) is 10.2. The number of rotatable bonds is 4. The molecule has 0 bridgehead atoms. The Morgan fingerprint density at radius 3 is 2.67 bits per heavy atom. The second kappa shape index (κ2) is 6.10. The van der Waals surface area contributed by atoms with Crippen LogP contribution in [0.1, 0.15) is 17.4 Å². The summed E-state index contributed by atoms with van der Waals surface area (Å²) in [5.41, 5.74) is 0.0651. The van der Waals surface area contributed by atoms with E-state index in [1.54, 1.807) is 14.1 Å². The Kier molecular flexibility index (Phi) is 4.78. The summed E-state index contributed by atoms with van der Waals surface area (Å²) in [7, 11) is 3.13. The topological polar surface area (TPSA) is 88.6 Å². The van der Waals surface area contributed by atoms with E-state index >= 15 is 0 Å². The number of carbonyl (C=O) groups is 3. The molecule has 7 nitrogen and oxygen atoms in total. The fraction of sp³-hybridized carbons (Fsp3) is 0.400. The molecule has 0 radical (unpaired) electrons. The Bertz CT molecular complexity index is 469. The third-order valence-electron chi connectivity index (χ3n) is 1.82. The molecule has 0 aliphatic rings. The first kappa shape index (κ1) is 14.1. The van der Waals surface area contributed by atoms with Gasteiger partial charge in [0.25, 0.3) is 5.91 Å². The van der Waals surface area contributed by atoms with Gasteiger partial charge in [-0.05, 0) is 0 Å². The first-order valence-electron chi connectivity index (χ1n) is 5.00. The zero-order chi connectivity index (χ0) is 13.7. The summed E-state index contributed by atoms with van der Waals surface area (Å²) in [6.07, 6.45) is 0. The maximum absolute atomic E-state index is 11.5. The average Bonchev–Trinajstić information content (AvgIpc) is 2.72. The van der Waals surface area contributed by atoms with Gasteiger partial charge in [-0.1, -0.05) is 0 Å². The minimum absolute atomic E-state index is 0.0651. The van der Waals surface area contributed by atoms with Crippen LogP contribution in [0.3, 0.4) is 0 Å². The number of anilines is 1. The predicted molar refractivity (Wildman–Crippen MR) is 65.4 cm³/mol. The van der Waals surface area contributed by atoms with Crippen LogP contribution in [0, 0.1) is 0 Å². The predicted octanol–water partition coefficient (Wildman–Crippen LogP) is 0.346. The van der Waals surface area contributed by atoms with Crippen LogP contribution >= 0.6 is 11.3 Å². The average molecular weight is 271 g/mol. The molecule has 0 atom stereocenters. The highest BCUT2D eigenvalue weighted by molar-refractivity contribution is 7.14. The van der Waals surface area contributed by atoms with E-state index in [-0.39, 0.29) is 24.1 Å². The molecule has 1 N–H and O–H groups in total. The van der Waals surface area contributed by atoms with Gasteiger partial charge in [0.15, 0.2) is 17.4 Å². The van der Waals surface area contributed by atoms with Gasteiger partial charge < -0.3 is 15.0 Å². The molecule has 0 saturated carbocycles. The van der Waals surface area contributed by atoms with Crippen molar-refractivity contribution in [2.45, 2.75) is 6.92 Å². The van der Waals surface area contributed by atoms with Crippen LogP contribution in [0.4, 0.5) is 5.13 Å². The summed E-state index contributed by atoms with van der Waals surface area (Å²) in [5.74, 6) is -1.29. The molecule has 1 rings (SSSR count).